The summed E-state index contributed by atoms with van der Waals surface area (Å²) in [7, 11) is 0. The third-order valence-electron chi connectivity index (χ3n) is 7.76. The molecule has 0 fully saturated rings. The first kappa shape index (κ1) is 24.5. The molecule has 3 heteroatoms. The van der Waals surface area contributed by atoms with Gasteiger partial charge in [-0.25, -0.2) is 0 Å². The van der Waals surface area contributed by atoms with Gasteiger partial charge in [0.05, 0.1) is 0 Å². The van der Waals surface area contributed by atoms with Crippen LogP contribution in [0.5, 0.6) is 5.75 Å². The van der Waals surface area contributed by atoms with Crippen molar-refractivity contribution in [3.8, 4) is 28.4 Å². The van der Waals surface area contributed by atoms with Gasteiger partial charge in [0.1, 0.15) is 17.6 Å². The number of aryl methyl sites for hydroxylation is 4. The summed E-state index contributed by atoms with van der Waals surface area (Å²) in [5, 5.41) is 4.35. The van der Waals surface area contributed by atoms with Crippen LogP contribution in [-0.2, 0) is 0 Å². The molecule has 4 aromatic carbocycles. The van der Waals surface area contributed by atoms with Gasteiger partial charge in [0.15, 0.2) is 5.75 Å². The second kappa shape index (κ2) is 8.89. The molecule has 3 nitrogen and oxygen atoms in total. The fourth-order valence-corrected chi connectivity index (χ4v) is 5.95. The maximum Gasteiger partial charge on any atom is 0.153 e. The number of furan rings is 1. The number of hydroxylamine groups is 2. The molecular weight excluding hydrogens is 466 g/mol. The maximum absolute atomic E-state index is 6.91. The molecule has 0 saturated heterocycles. The normalized spacial score (nSPS) is 15.6. The highest BCUT2D eigenvalue weighted by Gasteiger charge is 2.41. The lowest BCUT2D eigenvalue weighted by Crippen LogP contribution is -2.43. The highest BCUT2D eigenvalue weighted by molar-refractivity contribution is 6.05. The summed E-state index contributed by atoms with van der Waals surface area (Å²) in [6, 6.07) is 28.0. The second-order valence-electron chi connectivity index (χ2n) is 11.6. The lowest BCUT2D eigenvalue weighted by molar-refractivity contribution is -0.128. The Balaban J connectivity index is 1.69. The zero-order valence-electron chi connectivity index (χ0n) is 23.3. The van der Waals surface area contributed by atoms with Crippen LogP contribution in [-0.4, -0.2) is 10.6 Å². The van der Waals surface area contributed by atoms with Gasteiger partial charge in [0.25, 0.3) is 0 Å². The molecule has 1 atom stereocenters. The van der Waals surface area contributed by atoms with Crippen molar-refractivity contribution in [3.63, 3.8) is 0 Å². The molecule has 0 amide bonds. The summed E-state index contributed by atoms with van der Waals surface area (Å²) < 4.78 is 6.91. The smallest absolute Gasteiger partial charge is 0.153 e. The van der Waals surface area contributed by atoms with E-state index in [0.29, 0.717) is 0 Å². The van der Waals surface area contributed by atoms with Crippen LogP contribution in [0.25, 0.3) is 33.4 Å². The summed E-state index contributed by atoms with van der Waals surface area (Å²) in [4.78, 5) is 6.65. The molecule has 0 radical (unpaired) electrons. The first-order chi connectivity index (χ1) is 18.1. The van der Waals surface area contributed by atoms with Crippen molar-refractivity contribution in [3.05, 3.63) is 112 Å². The van der Waals surface area contributed by atoms with E-state index >= 15 is 0 Å². The van der Waals surface area contributed by atoms with Crippen molar-refractivity contribution < 1.29 is 9.25 Å². The molecule has 0 saturated carbocycles. The van der Waals surface area contributed by atoms with Crippen LogP contribution < -0.4 is 4.84 Å². The minimum Gasteiger partial charge on any atom is -0.455 e. The average Bonchev–Trinajstić information content (AvgIpc) is 3.42. The molecule has 5 aromatic rings. The molecule has 6 rings (SSSR count). The Kier molecular flexibility index (Phi) is 5.73. The second-order valence-corrected chi connectivity index (χ2v) is 11.6. The molecule has 38 heavy (non-hydrogen) atoms. The molecule has 1 aromatic heterocycles. The summed E-state index contributed by atoms with van der Waals surface area (Å²) in [5.74, 6) is 2.73. The minimum absolute atomic E-state index is 0.0139. The van der Waals surface area contributed by atoms with E-state index in [0.717, 1.165) is 39.2 Å². The van der Waals surface area contributed by atoms with Crippen LogP contribution >= 0.6 is 0 Å². The molecule has 0 spiro atoms. The van der Waals surface area contributed by atoms with Gasteiger partial charge in [-0.2, -0.15) is 0 Å². The predicted molar refractivity (Wildman–Crippen MR) is 157 cm³/mol. The minimum atomic E-state index is -0.196. The van der Waals surface area contributed by atoms with Crippen LogP contribution in [0.15, 0.2) is 83.3 Å². The van der Waals surface area contributed by atoms with Crippen LogP contribution in [0.1, 0.15) is 60.2 Å². The topological polar surface area (TPSA) is 25.6 Å². The van der Waals surface area contributed by atoms with E-state index in [2.05, 4.69) is 132 Å². The van der Waals surface area contributed by atoms with E-state index in [1.54, 1.807) is 0 Å². The fourth-order valence-electron chi connectivity index (χ4n) is 5.95. The van der Waals surface area contributed by atoms with Crippen molar-refractivity contribution in [1.29, 1.82) is 0 Å². The molecule has 0 bridgehead atoms. The Bertz CT molecular complexity index is 1630. The van der Waals surface area contributed by atoms with Gasteiger partial charge in [-0.3, -0.25) is 0 Å². The number of nitrogens with zero attached hydrogens (tertiary/aromatic N) is 1. The Hall–Kier alpha value is -3.82. The zero-order valence-corrected chi connectivity index (χ0v) is 23.3. The van der Waals surface area contributed by atoms with Crippen molar-refractivity contribution in [2.45, 2.75) is 60.0 Å². The first-order valence-electron chi connectivity index (χ1n) is 13.4. The Morgan fingerprint density at radius 3 is 1.63 bits per heavy atom. The van der Waals surface area contributed by atoms with E-state index in [1.165, 1.54) is 33.4 Å². The third kappa shape index (κ3) is 3.85. The van der Waals surface area contributed by atoms with Crippen LogP contribution in [0, 0.1) is 27.7 Å². The molecule has 192 valence electrons. The van der Waals surface area contributed by atoms with Gasteiger partial charge in [-0.1, -0.05) is 66.7 Å². The number of hydrogen-bond acceptors (Lipinski definition) is 3. The zero-order chi connectivity index (χ0) is 26.8. The van der Waals surface area contributed by atoms with Gasteiger partial charge in [-0.05, 0) is 88.4 Å². The summed E-state index contributed by atoms with van der Waals surface area (Å²) in [6.07, 6.45) is 0. The SMILES string of the molecule is Cc1cccc(C)c1-c1oc(-c2c(C)cccc2C)c2cc3c(cc12)ON(C(C)(C)C)C3c1ccccc1. The predicted octanol–water partition coefficient (Wildman–Crippen LogP) is 9.50. The number of benzene rings is 4. The lowest BCUT2D eigenvalue weighted by atomic mass is 9.91. The third-order valence-corrected chi connectivity index (χ3v) is 7.76. The number of hydrogen-bond donors (Lipinski definition) is 0. The summed E-state index contributed by atoms with van der Waals surface area (Å²) in [6.45, 7) is 15.3. The largest absolute Gasteiger partial charge is 0.455 e. The molecular formula is C35H35NO2. The van der Waals surface area contributed by atoms with E-state index in [1.807, 2.05) is 0 Å². The van der Waals surface area contributed by atoms with E-state index in [-0.39, 0.29) is 11.6 Å². The van der Waals surface area contributed by atoms with Crippen molar-refractivity contribution in [2.75, 3.05) is 0 Å². The Morgan fingerprint density at radius 2 is 1.13 bits per heavy atom. The van der Waals surface area contributed by atoms with E-state index < -0.39 is 0 Å². The van der Waals surface area contributed by atoms with Gasteiger partial charge in [0.2, 0.25) is 0 Å². The van der Waals surface area contributed by atoms with Crippen LogP contribution in [0.2, 0.25) is 0 Å². The van der Waals surface area contributed by atoms with Crippen molar-refractivity contribution >= 4 is 10.8 Å². The highest BCUT2D eigenvalue weighted by Crippen LogP contribution is 2.51. The van der Waals surface area contributed by atoms with Crippen LogP contribution in [0.4, 0.5) is 0 Å². The summed E-state index contributed by atoms with van der Waals surface area (Å²) >= 11 is 0. The molecule has 1 unspecified atom stereocenters. The standard InChI is InChI=1S/C35H35NO2/c1-21-13-11-14-22(2)30(21)33-26-19-28-29(20-27(26)34(37-33)31-23(3)15-12-16-24(31)4)38-36(35(5,6)7)32(28)25-17-9-8-10-18-25/h8-20,32H,1-7H3. The van der Waals surface area contributed by atoms with Gasteiger partial charge in [-0.15, -0.1) is 5.06 Å². The van der Waals surface area contributed by atoms with Crippen LogP contribution in [0.3, 0.4) is 0 Å². The fraction of sp³-hybridized carbons (Fsp3) is 0.257. The number of fused-ring (bicyclic) bond motifs is 2. The average molecular weight is 502 g/mol. The van der Waals surface area contributed by atoms with E-state index in [4.69, 9.17) is 9.25 Å². The Morgan fingerprint density at radius 1 is 0.632 bits per heavy atom. The monoisotopic (exact) mass is 501 g/mol. The summed E-state index contributed by atoms with van der Waals surface area (Å²) in [5.41, 5.74) is 9.33. The highest BCUT2D eigenvalue weighted by atomic mass is 16.7. The molecule has 0 aliphatic carbocycles. The molecule has 1 aliphatic rings. The van der Waals surface area contributed by atoms with Crippen molar-refractivity contribution in [1.82, 2.24) is 5.06 Å². The van der Waals surface area contributed by atoms with Gasteiger partial charge in [0, 0.05) is 33.0 Å². The van der Waals surface area contributed by atoms with Gasteiger partial charge >= 0.3 is 0 Å². The first-order valence-corrected chi connectivity index (χ1v) is 13.4. The quantitative estimate of drug-likeness (QED) is 0.246. The molecule has 0 N–H and O–H groups in total. The molecule has 1 aliphatic heterocycles. The Labute approximate surface area is 225 Å². The van der Waals surface area contributed by atoms with Gasteiger partial charge < -0.3 is 9.25 Å². The maximum atomic E-state index is 6.91. The van der Waals surface area contributed by atoms with E-state index in [9.17, 15) is 0 Å². The van der Waals surface area contributed by atoms with Crippen molar-refractivity contribution in [2.24, 2.45) is 0 Å². The number of rotatable bonds is 3. The molecule has 2 heterocycles. The lowest BCUT2D eigenvalue weighted by Gasteiger charge is -2.34.